The van der Waals surface area contributed by atoms with Crippen molar-refractivity contribution in [3.05, 3.63) is 65.5 Å². The van der Waals surface area contributed by atoms with Gasteiger partial charge >= 0.3 is 0 Å². The van der Waals surface area contributed by atoms with Crippen LogP contribution in [-0.4, -0.2) is 39.5 Å². The largest absolute Gasteiger partial charge is 0.468 e. The van der Waals surface area contributed by atoms with Crippen molar-refractivity contribution < 1.29 is 21.3 Å². The van der Waals surface area contributed by atoms with Crippen LogP contribution < -0.4 is 0 Å². The van der Waals surface area contributed by atoms with E-state index in [1.807, 2.05) is 30.3 Å². The molecule has 0 aliphatic carbocycles. The van der Waals surface area contributed by atoms with Crippen LogP contribution in [0, 0.1) is 0 Å². The van der Waals surface area contributed by atoms with Crippen molar-refractivity contribution >= 4 is 25.9 Å². The van der Waals surface area contributed by atoms with Crippen molar-refractivity contribution in [2.45, 2.75) is 23.8 Å². The van der Waals surface area contributed by atoms with Gasteiger partial charge in [-0.15, -0.1) is 0 Å². The molecule has 2 aromatic rings. The van der Waals surface area contributed by atoms with E-state index in [-0.39, 0.29) is 18.8 Å². The van der Waals surface area contributed by atoms with Crippen LogP contribution in [0.1, 0.15) is 24.2 Å². The molecule has 1 aromatic heterocycles. The molecule has 1 aliphatic heterocycles. The second-order valence-electron chi connectivity index (χ2n) is 6.24. The quantitative estimate of drug-likeness (QED) is 0.751. The van der Waals surface area contributed by atoms with Crippen LogP contribution >= 0.6 is 0 Å². The predicted octanol–water partition coefficient (Wildman–Crippen LogP) is 2.66. The summed E-state index contributed by atoms with van der Waals surface area (Å²) in [5.74, 6) is 0.261. The molecule has 0 N–H and O–H groups in total. The Hall–Kier alpha value is -1.90. The number of furan rings is 1. The van der Waals surface area contributed by atoms with Crippen LogP contribution in [0.5, 0.6) is 0 Å². The highest BCUT2D eigenvalue weighted by atomic mass is 32.2. The molecular formula is C18H21NO5S2. The molecular weight excluding hydrogens is 374 g/mol. The predicted molar refractivity (Wildman–Crippen MR) is 100 cm³/mol. The summed E-state index contributed by atoms with van der Waals surface area (Å²) < 4.78 is 56.3. The monoisotopic (exact) mass is 395 g/mol. The van der Waals surface area contributed by atoms with E-state index < -0.39 is 25.1 Å². The Morgan fingerprint density at radius 3 is 2.31 bits per heavy atom. The average Bonchev–Trinajstić information content (AvgIpc) is 3.13. The molecule has 3 rings (SSSR count). The topological polar surface area (TPSA) is 84.7 Å². The first kappa shape index (κ1) is 18.9. The zero-order chi connectivity index (χ0) is 18.6. The van der Waals surface area contributed by atoms with E-state index in [1.54, 1.807) is 18.2 Å². The third-order valence-electron chi connectivity index (χ3n) is 4.42. The first-order chi connectivity index (χ1) is 12.4. The SMILES string of the molecule is O=S(=O)(Cc1ccco1)C1CCN(S(=O)(=O)/C=C/c2ccccc2)CC1. The van der Waals surface area contributed by atoms with Crippen LogP contribution in [0.2, 0.25) is 0 Å². The lowest BCUT2D eigenvalue weighted by Gasteiger charge is -2.29. The van der Waals surface area contributed by atoms with E-state index in [0.717, 1.165) is 5.56 Å². The van der Waals surface area contributed by atoms with E-state index in [4.69, 9.17) is 4.42 Å². The van der Waals surface area contributed by atoms with Crippen LogP contribution in [-0.2, 0) is 25.6 Å². The maximum absolute atomic E-state index is 12.5. The molecule has 0 amide bonds. The summed E-state index contributed by atoms with van der Waals surface area (Å²) in [6, 6.07) is 12.5. The minimum atomic E-state index is -3.56. The molecule has 0 unspecified atom stereocenters. The summed E-state index contributed by atoms with van der Waals surface area (Å²) in [5, 5.41) is 0.636. The molecule has 0 bridgehead atoms. The number of hydrogen-bond acceptors (Lipinski definition) is 5. The van der Waals surface area contributed by atoms with Gasteiger partial charge in [-0.25, -0.2) is 16.8 Å². The average molecular weight is 396 g/mol. The number of sulfonamides is 1. The van der Waals surface area contributed by atoms with Gasteiger partial charge in [0.1, 0.15) is 11.5 Å². The standard InChI is InChI=1S/C18H21NO5S2/c20-25(21,15-17-7-4-13-24-17)18-8-11-19(12-9-18)26(22,23)14-10-16-5-2-1-3-6-16/h1-7,10,13-14,18H,8-9,11-12,15H2/b14-10+. The Morgan fingerprint density at radius 2 is 1.69 bits per heavy atom. The van der Waals surface area contributed by atoms with Gasteiger partial charge in [-0.3, -0.25) is 0 Å². The van der Waals surface area contributed by atoms with Gasteiger partial charge in [0.15, 0.2) is 9.84 Å². The van der Waals surface area contributed by atoms with Gasteiger partial charge in [0, 0.05) is 18.5 Å². The highest BCUT2D eigenvalue weighted by molar-refractivity contribution is 7.92. The Labute approximate surface area is 154 Å². The molecule has 0 spiro atoms. The zero-order valence-corrected chi connectivity index (χ0v) is 15.8. The van der Waals surface area contributed by atoms with Crippen molar-refractivity contribution in [3.8, 4) is 0 Å². The van der Waals surface area contributed by atoms with Crippen molar-refractivity contribution in [1.82, 2.24) is 4.31 Å². The second-order valence-corrected chi connectivity index (χ2v) is 10.3. The van der Waals surface area contributed by atoms with E-state index in [1.165, 1.54) is 16.0 Å². The molecule has 1 aliphatic rings. The minimum absolute atomic E-state index is 0.147. The van der Waals surface area contributed by atoms with Crippen molar-refractivity contribution in [2.75, 3.05) is 13.1 Å². The zero-order valence-electron chi connectivity index (χ0n) is 14.2. The Bertz CT molecular complexity index is 940. The van der Waals surface area contributed by atoms with Gasteiger partial charge < -0.3 is 4.42 Å². The van der Waals surface area contributed by atoms with Crippen LogP contribution in [0.15, 0.2) is 58.6 Å². The fourth-order valence-corrected chi connectivity index (χ4v) is 5.92. The Balaban J connectivity index is 1.61. The van der Waals surface area contributed by atoms with E-state index in [0.29, 0.717) is 18.6 Å². The molecule has 0 radical (unpaired) electrons. The maximum atomic E-state index is 12.5. The molecule has 1 fully saturated rings. The van der Waals surface area contributed by atoms with Crippen molar-refractivity contribution in [2.24, 2.45) is 0 Å². The summed E-state index contributed by atoms with van der Waals surface area (Å²) in [4.78, 5) is 0. The first-order valence-corrected chi connectivity index (χ1v) is 11.6. The second kappa shape index (κ2) is 7.77. The van der Waals surface area contributed by atoms with E-state index in [2.05, 4.69) is 0 Å². The summed E-state index contributed by atoms with van der Waals surface area (Å²) in [6.07, 6.45) is 3.58. The fourth-order valence-electron chi connectivity index (χ4n) is 2.97. The van der Waals surface area contributed by atoms with Gasteiger partial charge in [-0.2, -0.15) is 4.31 Å². The van der Waals surface area contributed by atoms with E-state index in [9.17, 15) is 16.8 Å². The first-order valence-electron chi connectivity index (χ1n) is 8.34. The van der Waals surface area contributed by atoms with Gasteiger partial charge in [0.2, 0.25) is 10.0 Å². The highest BCUT2D eigenvalue weighted by Crippen LogP contribution is 2.24. The maximum Gasteiger partial charge on any atom is 0.236 e. The van der Waals surface area contributed by atoms with Crippen molar-refractivity contribution in [3.63, 3.8) is 0 Å². The van der Waals surface area contributed by atoms with Crippen LogP contribution in [0.25, 0.3) is 6.08 Å². The van der Waals surface area contributed by atoms with Gasteiger partial charge in [-0.1, -0.05) is 30.3 Å². The normalized spacial score (nSPS) is 17.7. The third-order valence-corrected chi connectivity index (χ3v) is 8.16. The lowest BCUT2D eigenvalue weighted by molar-refractivity contribution is 0.349. The molecule has 6 nitrogen and oxygen atoms in total. The van der Waals surface area contributed by atoms with Gasteiger partial charge in [-0.05, 0) is 36.6 Å². The summed E-state index contributed by atoms with van der Waals surface area (Å²) in [6.45, 7) is 0.396. The molecule has 1 aromatic carbocycles. The molecule has 0 atom stereocenters. The van der Waals surface area contributed by atoms with Gasteiger partial charge in [0.05, 0.1) is 11.5 Å². The van der Waals surface area contributed by atoms with E-state index >= 15 is 0 Å². The summed E-state index contributed by atoms with van der Waals surface area (Å²) in [7, 11) is -6.92. The Morgan fingerprint density at radius 1 is 1.00 bits per heavy atom. The number of sulfone groups is 1. The summed E-state index contributed by atoms with van der Waals surface area (Å²) >= 11 is 0. The lowest BCUT2D eigenvalue weighted by atomic mass is 10.2. The highest BCUT2D eigenvalue weighted by Gasteiger charge is 2.33. The molecule has 26 heavy (non-hydrogen) atoms. The number of benzene rings is 1. The molecule has 8 heteroatoms. The molecule has 2 heterocycles. The molecule has 0 saturated carbocycles. The molecule has 140 valence electrons. The van der Waals surface area contributed by atoms with Crippen molar-refractivity contribution in [1.29, 1.82) is 0 Å². The summed E-state index contributed by atoms with van der Waals surface area (Å²) in [5.41, 5.74) is 0.798. The smallest absolute Gasteiger partial charge is 0.236 e. The Kier molecular flexibility index (Phi) is 5.64. The number of nitrogens with zero attached hydrogens (tertiary/aromatic N) is 1. The number of hydrogen-bond donors (Lipinski definition) is 0. The number of rotatable bonds is 6. The molecule has 1 saturated heterocycles. The number of piperidine rings is 1. The lowest BCUT2D eigenvalue weighted by Crippen LogP contribution is -2.41. The van der Waals surface area contributed by atoms with Crippen LogP contribution in [0.4, 0.5) is 0 Å². The fraction of sp³-hybridized carbons (Fsp3) is 0.333. The van der Waals surface area contributed by atoms with Gasteiger partial charge in [0.25, 0.3) is 0 Å². The van der Waals surface area contributed by atoms with Crippen LogP contribution in [0.3, 0.4) is 0 Å². The third kappa shape index (κ3) is 4.63. The minimum Gasteiger partial charge on any atom is -0.468 e.